The third-order valence-electron chi connectivity index (χ3n) is 5.60. The van der Waals surface area contributed by atoms with Crippen LogP contribution in [0.1, 0.15) is 44.7 Å². The van der Waals surface area contributed by atoms with Crippen molar-refractivity contribution in [1.82, 2.24) is 15.2 Å². The van der Waals surface area contributed by atoms with E-state index in [1.807, 2.05) is 37.8 Å². The average Bonchev–Trinajstić information content (AvgIpc) is 3.20. The van der Waals surface area contributed by atoms with Crippen LogP contribution in [-0.2, 0) is 10.5 Å². The lowest BCUT2D eigenvalue weighted by molar-refractivity contribution is -0.0222. The summed E-state index contributed by atoms with van der Waals surface area (Å²) in [7, 11) is 0. The van der Waals surface area contributed by atoms with Crippen LogP contribution in [0.3, 0.4) is 0 Å². The molecule has 0 radical (unpaired) electrons. The summed E-state index contributed by atoms with van der Waals surface area (Å²) in [5.41, 5.74) is 3.00. The van der Waals surface area contributed by atoms with Crippen molar-refractivity contribution in [3.8, 4) is 0 Å². The standard InChI is InChI=1S/C24H27ClFN3O2S/c1-23(2,3)31-22(30)28-17-10-12-29(13-11-17)24(26,18-6-4-5-7-19(18)25)16-8-9-20-21(14-16)32-15-27-20/h4-9,14-15,17H,10-13H2,1-3H3,(H,28,30). The molecule has 5 nitrogen and oxygen atoms in total. The Bertz CT molecular complexity index is 1110. The Morgan fingerprint density at radius 2 is 1.94 bits per heavy atom. The summed E-state index contributed by atoms with van der Waals surface area (Å²) in [6, 6.07) is 12.5. The van der Waals surface area contributed by atoms with Gasteiger partial charge in [0, 0.05) is 35.3 Å². The van der Waals surface area contributed by atoms with Gasteiger partial charge in [0.05, 0.1) is 15.7 Å². The van der Waals surface area contributed by atoms with Gasteiger partial charge in [0.1, 0.15) is 5.60 Å². The molecule has 0 spiro atoms. The number of nitrogens with one attached hydrogen (secondary N) is 1. The van der Waals surface area contributed by atoms with Crippen molar-refractivity contribution in [3.05, 3.63) is 64.1 Å². The van der Waals surface area contributed by atoms with Gasteiger partial charge in [-0.1, -0.05) is 35.9 Å². The molecule has 8 heteroatoms. The minimum Gasteiger partial charge on any atom is -0.444 e. The molecule has 2 heterocycles. The van der Waals surface area contributed by atoms with E-state index in [9.17, 15) is 4.79 Å². The fourth-order valence-electron chi connectivity index (χ4n) is 4.11. The Morgan fingerprint density at radius 1 is 1.22 bits per heavy atom. The maximum Gasteiger partial charge on any atom is 0.407 e. The number of carbonyl (C=O) groups excluding carboxylic acids is 1. The number of thiazole rings is 1. The topological polar surface area (TPSA) is 54.5 Å². The summed E-state index contributed by atoms with van der Waals surface area (Å²) >= 11 is 7.97. The van der Waals surface area contributed by atoms with E-state index in [2.05, 4.69) is 10.3 Å². The smallest absolute Gasteiger partial charge is 0.407 e. The third kappa shape index (κ3) is 4.75. The van der Waals surface area contributed by atoms with E-state index >= 15 is 4.39 Å². The fraction of sp³-hybridized carbons (Fsp3) is 0.417. The number of ether oxygens (including phenoxy) is 1. The second-order valence-corrected chi connectivity index (χ2v) is 10.3. The number of fused-ring (bicyclic) bond motifs is 1. The lowest BCUT2D eigenvalue weighted by Crippen LogP contribution is -2.52. The third-order valence-corrected chi connectivity index (χ3v) is 6.72. The minimum absolute atomic E-state index is 0.0689. The molecule has 0 saturated carbocycles. The van der Waals surface area contributed by atoms with Gasteiger partial charge in [-0.05, 0) is 51.8 Å². The molecular weight excluding hydrogens is 449 g/mol. The molecule has 2 aromatic carbocycles. The number of carbonyl (C=O) groups is 1. The van der Waals surface area contributed by atoms with Crippen molar-refractivity contribution in [1.29, 1.82) is 0 Å². The Kier molecular flexibility index (Phi) is 6.43. The molecule has 1 fully saturated rings. The zero-order chi connectivity index (χ0) is 22.9. The molecule has 0 bridgehead atoms. The summed E-state index contributed by atoms with van der Waals surface area (Å²) in [4.78, 5) is 18.3. The van der Waals surface area contributed by atoms with Crippen molar-refractivity contribution in [2.24, 2.45) is 0 Å². The average molecular weight is 476 g/mol. The molecule has 1 aromatic heterocycles. The van der Waals surface area contributed by atoms with Crippen molar-refractivity contribution in [2.45, 2.75) is 51.0 Å². The molecule has 0 aliphatic carbocycles. The first-order valence-corrected chi connectivity index (χ1v) is 11.9. The summed E-state index contributed by atoms with van der Waals surface area (Å²) < 4.78 is 23.5. The quantitative estimate of drug-likeness (QED) is 0.462. The summed E-state index contributed by atoms with van der Waals surface area (Å²) in [6.07, 6.45) is 0.778. The lowest BCUT2D eigenvalue weighted by atomic mass is 9.91. The molecule has 1 aliphatic rings. The van der Waals surface area contributed by atoms with Gasteiger partial charge in [-0.25, -0.2) is 14.2 Å². The van der Waals surface area contributed by atoms with Gasteiger partial charge < -0.3 is 10.1 Å². The number of piperidine rings is 1. The first-order chi connectivity index (χ1) is 15.2. The number of amides is 1. The van der Waals surface area contributed by atoms with Crippen LogP contribution in [-0.4, -0.2) is 40.7 Å². The second kappa shape index (κ2) is 8.96. The van der Waals surface area contributed by atoms with Gasteiger partial charge in [-0.2, -0.15) is 0 Å². The minimum atomic E-state index is -1.90. The van der Waals surface area contributed by atoms with Gasteiger partial charge in [-0.15, -0.1) is 11.3 Å². The number of hydrogen-bond donors (Lipinski definition) is 1. The van der Waals surface area contributed by atoms with E-state index in [1.54, 1.807) is 35.8 Å². The van der Waals surface area contributed by atoms with E-state index < -0.39 is 17.5 Å². The Balaban J connectivity index is 1.60. The number of hydrogen-bond acceptors (Lipinski definition) is 5. The molecule has 4 rings (SSSR count). The molecule has 170 valence electrons. The van der Waals surface area contributed by atoms with E-state index in [0.717, 1.165) is 10.2 Å². The zero-order valence-corrected chi connectivity index (χ0v) is 20.0. The summed E-state index contributed by atoms with van der Waals surface area (Å²) in [5, 5.41) is 3.30. The lowest BCUT2D eigenvalue weighted by Gasteiger charge is -2.42. The number of likely N-dealkylation sites (tertiary alicyclic amines) is 1. The van der Waals surface area contributed by atoms with Crippen LogP contribution < -0.4 is 5.32 Å². The maximum atomic E-state index is 17.2. The highest BCUT2D eigenvalue weighted by molar-refractivity contribution is 7.16. The molecule has 1 saturated heterocycles. The van der Waals surface area contributed by atoms with Crippen molar-refractivity contribution >= 4 is 39.2 Å². The highest BCUT2D eigenvalue weighted by atomic mass is 35.5. The van der Waals surface area contributed by atoms with Gasteiger partial charge >= 0.3 is 6.09 Å². The van der Waals surface area contributed by atoms with E-state index in [4.69, 9.17) is 16.3 Å². The molecule has 1 atom stereocenters. The van der Waals surface area contributed by atoms with Crippen LogP contribution in [0, 0.1) is 0 Å². The van der Waals surface area contributed by atoms with Gasteiger partial charge in [0.15, 0.2) is 0 Å². The second-order valence-electron chi connectivity index (χ2n) is 9.04. The largest absolute Gasteiger partial charge is 0.444 e. The number of benzene rings is 2. The van der Waals surface area contributed by atoms with Crippen molar-refractivity contribution < 1.29 is 13.9 Å². The fourth-order valence-corrected chi connectivity index (χ4v) is 5.08. The molecule has 1 aliphatic heterocycles. The zero-order valence-electron chi connectivity index (χ0n) is 18.4. The van der Waals surface area contributed by atoms with Gasteiger partial charge in [-0.3, -0.25) is 4.90 Å². The summed E-state index contributed by atoms with van der Waals surface area (Å²) in [5.74, 6) is -1.90. The number of halogens is 2. The Labute approximate surface area is 196 Å². The molecule has 3 aromatic rings. The van der Waals surface area contributed by atoms with Gasteiger partial charge in [0.25, 0.3) is 0 Å². The molecular formula is C24H27ClFN3O2S. The number of alkyl halides is 1. The number of nitrogens with zero attached hydrogens (tertiary/aromatic N) is 2. The first kappa shape index (κ1) is 23.0. The Hall–Kier alpha value is -2.22. The van der Waals surface area contributed by atoms with Crippen molar-refractivity contribution in [2.75, 3.05) is 13.1 Å². The Morgan fingerprint density at radius 3 is 2.62 bits per heavy atom. The number of aromatic nitrogens is 1. The van der Waals surface area contributed by atoms with Crippen LogP contribution in [0.15, 0.2) is 48.0 Å². The summed E-state index contributed by atoms with van der Waals surface area (Å²) in [6.45, 7) is 6.41. The molecule has 1 N–H and O–H groups in total. The highest BCUT2D eigenvalue weighted by Crippen LogP contribution is 2.43. The van der Waals surface area contributed by atoms with Crippen molar-refractivity contribution in [3.63, 3.8) is 0 Å². The number of alkyl carbamates (subject to hydrolysis) is 1. The molecule has 1 amide bonds. The van der Waals surface area contributed by atoms with Crippen LogP contribution in [0.4, 0.5) is 9.18 Å². The van der Waals surface area contributed by atoms with E-state index in [-0.39, 0.29) is 6.04 Å². The van der Waals surface area contributed by atoms with Crippen LogP contribution in [0.2, 0.25) is 5.02 Å². The monoisotopic (exact) mass is 475 g/mol. The molecule has 1 unspecified atom stereocenters. The normalized spacial score (nSPS) is 17.8. The predicted molar refractivity (Wildman–Crippen MR) is 127 cm³/mol. The predicted octanol–water partition coefficient (Wildman–Crippen LogP) is 6.11. The maximum absolute atomic E-state index is 17.2. The molecule has 32 heavy (non-hydrogen) atoms. The highest BCUT2D eigenvalue weighted by Gasteiger charge is 2.44. The first-order valence-electron chi connectivity index (χ1n) is 10.7. The van der Waals surface area contributed by atoms with Crippen LogP contribution in [0.5, 0.6) is 0 Å². The van der Waals surface area contributed by atoms with E-state index in [0.29, 0.717) is 42.1 Å². The van der Waals surface area contributed by atoms with Crippen LogP contribution >= 0.6 is 22.9 Å². The van der Waals surface area contributed by atoms with E-state index in [1.165, 1.54) is 11.3 Å². The van der Waals surface area contributed by atoms with Gasteiger partial charge in [0.2, 0.25) is 5.79 Å². The number of rotatable bonds is 4. The SMILES string of the molecule is CC(C)(C)OC(=O)NC1CCN(C(F)(c2ccc3ncsc3c2)c2ccccc2Cl)CC1. The van der Waals surface area contributed by atoms with Crippen LogP contribution in [0.25, 0.3) is 10.2 Å².